The summed E-state index contributed by atoms with van der Waals surface area (Å²) in [6.45, 7) is 5.49. The normalized spacial score (nSPS) is 15.0. The fourth-order valence-electron chi connectivity index (χ4n) is 3.45. The summed E-state index contributed by atoms with van der Waals surface area (Å²) >= 11 is 0. The molecule has 0 amide bonds. The number of rotatable bonds is 7. The molecule has 3 rings (SSSR count). The minimum absolute atomic E-state index is 0. The molecule has 1 aliphatic heterocycles. The second-order valence-electron chi connectivity index (χ2n) is 6.70. The molecule has 0 bridgehead atoms. The highest BCUT2D eigenvalue weighted by Gasteiger charge is 2.17. The Morgan fingerprint density at radius 2 is 1.52 bits per heavy atom. The summed E-state index contributed by atoms with van der Waals surface area (Å²) in [4.78, 5) is 2.59. The standard InChI is InChI=1S/C21H28N2O.ClH/c1-24-21-9-7-19(8-10-21)16-23(15-18-5-3-2-4-6-18)17-20-11-13-22-14-12-20;/h2-10,20,22H,11-17H2,1H3;1H. The summed E-state index contributed by atoms with van der Waals surface area (Å²) in [6.07, 6.45) is 2.57. The van der Waals surface area contributed by atoms with Crippen LogP contribution in [0.15, 0.2) is 54.6 Å². The molecule has 0 saturated carbocycles. The van der Waals surface area contributed by atoms with Crippen LogP contribution in [0.5, 0.6) is 5.75 Å². The van der Waals surface area contributed by atoms with Gasteiger partial charge in [0.25, 0.3) is 0 Å². The third-order valence-electron chi connectivity index (χ3n) is 4.79. The largest absolute Gasteiger partial charge is 0.497 e. The lowest BCUT2D eigenvalue weighted by Gasteiger charge is -2.30. The zero-order valence-electron chi connectivity index (χ0n) is 15.0. The molecule has 0 unspecified atom stereocenters. The van der Waals surface area contributed by atoms with Crippen molar-refractivity contribution < 1.29 is 4.74 Å². The maximum absolute atomic E-state index is 5.27. The molecule has 1 aliphatic rings. The monoisotopic (exact) mass is 360 g/mol. The minimum Gasteiger partial charge on any atom is -0.497 e. The molecule has 2 aromatic rings. The molecule has 0 radical (unpaired) electrons. The molecule has 0 aromatic heterocycles. The molecule has 3 nitrogen and oxygen atoms in total. The van der Waals surface area contributed by atoms with E-state index in [0.717, 1.165) is 37.8 Å². The van der Waals surface area contributed by atoms with Crippen LogP contribution in [0, 0.1) is 5.92 Å². The number of ether oxygens (including phenoxy) is 1. The van der Waals surface area contributed by atoms with Gasteiger partial charge in [-0.2, -0.15) is 0 Å². The van der Waals surface area contributed by atoms with Crippen LogP contribution in [0.3, 0.4) is 0 Å². The Labute approximate surface area is 157 Å². The van der Waals surface area contributed by atoms with Crippen molar-refractivity contribution in [3.8, 4) is 5.75 Å². The topological polar surface area (TPSA) is 24.5 Å². The molecule has 0 aliphatic carbocycles. The molecular formula is C21H29ClN2O. The van der Waals surface area contributed by atoms with Gasteiger partial charge in [-0.1, -0.05) is 42.5 Å². The molecule has 0 spiro atoms. The van der Waals surface area contributed by atoms with Crippen molar-refractivity contribution in [2.45, 2.75) is 25.9 Å². The van der Waals surface area contributed by atoms with E-state index in [0.29, 0.717) is 0 Å². The van der Waals surface area contributed by atoms with Gasteiger partial charge in [0.15, 0.2) is 0 Å². The third kappa shape index (κ3) is 6.35. The van der Waals surface area contributed by atoms with Gasteiger partial charge in [0, 0.05) is 19.6 Å². The van der Waals surface area contributed by atoms with E-state index in [9.17, 15) is 0 Å². The molecule has 1 heterocycles. The fraction of sp³-hybridized carbons (Fsp3) is 0.429. The Hall–Kier alpha value is -1.55. The average molecular weight is 361 g/mol. The van der Waals surface area contributed by atoms with Gasteiger partial charge in [-0.3, -0.25) is 4.90 Å². The first-order chi connectivity index (χ1) is 11.8. The van der Waals surface area contributed by atoms with Gasteiger partial charge < -0.3 is 10.1 Å². The van der Waals surface area contributed by atoms with Crippen LogP contribution in [0.4, 0.5) is 0 Å². The second kappa shape index (κ2) is 10.4. The molecule has 2 aromatic carbocycles. The number of piperidine rings is 1. The first kappa shape index (κ1) is 19.8. The summed E-state index contributed by atoms with van der Waals surface area (Å²) in [7, 11) is 1.72. The van der Waals surface area contributed by atoms with Crippen LogP contribution in [0.25, 0.3) is 0 Å². The van der Waals surface area contributed by atoms with E-state index in [4.69, 9.17) is 4.74 Å². The average Bonchev–Trinajstić information content (AvgIpc) is 2.64. The van der Waals surface area contributed by atoms with Crippen LogP contribution in [-0.4, -0.2) is 31.6 Å². The van der Waals surface area contributed by atoms with E-state index in [-0.39, 0.29) is 12.4 Å². The van der Waals surface area contributed by atoms with Crippen LogP contribution in [0.1, 0.15) is 24.0 Å². The zero-order chi connectivity index (χ0) is 16.6. The smallest absolute Gasteiger partial charge is 0.118 e. The van der Waals surface area contributed by atoms with Crippen molar-refractivity contribution in [3.63, 3.8) is 0 Å². The number of nitrogens with one attached hydrogen (secondary N) is 1. The predicted octanol–water partition coefficient (Wildman–Crippen LogP) is 4.12. The lowest BCUT2D eigenvalue weighted by molar-refractivity contribution is 0.191. The third-order valence-corrected chi connectivity index (χ3v) is 4.79. The number of nitrogens with zero attached hydrogens (tertiary/aromatic N) is 1. The molecule has 25 heavy (non-hydrogen) atoms. The molecule has 1 N–H and O–H groups in total. The minimum atomic E-state index is 0. The Kier molecular flexibility index (Phi) is 8.26. The van der Waals surface area contributed by atoms with E-state index < -0.39 is 0 Å². The Bertz CT molecular complexity index is 597. The first-order valence-corrected chi connectivity index (χ1v) is 8.93. The summed E-state index contributed by atoms with van der Waals surface area (Å²) < 4.78 is 5.27. The van der Waals surface area contributed by atoms with Crippen molar-refractivity contribution in [3.05, 3.63) is 65.7 Å². The van der Waals surface area contributed by atoms with Crippen molar-refractivity contribution in [1.29, 1.82) is 0 Å². The number of benzene rings is 2. The Morgan fingerprint density at radius 3 is 2.12 bits per heavy atom. The van der Waals surface area contributed by atoms with E-state index in [2.05, 4.69) is 64.8 Å². The van der Waals surface area contributed by atoms with Crippen molar-refractivity contribution in [2.75, 3.05) is 26.7 Å². The maximum atomic E-state index is 5.27. The maximum Gasteiger partial charge on any atom is 0.118 e. The van der Waals surface area contributed by atoms with Crippen LogP contribution < -0.4 is 10.1 Å². The van der Waals surface area contributed by atoms with Gasteiger partial charge in [0.2, 0.25) is 0 Å². The fourth-order valence-corrected chi connectivity index (χ4v) is 3.45. The highest BCUT2D eigenvalue weighted by atomic mass is 35.5. The predicted molar refractivity (Wildman–Crippen MR) is 106 cm³/mol. The lowest BCUT2D eigenvalue weighted by atomic mass is 9.97. The number of hydrogen-bond acceptors (Lipinski definition) is 3. The van der Waals surface area contributed by atoms with Gasteiger partial charge in [-0.05, 0) is 55.1 Å². The highest BCUT2D eigenvalue weighted by molar-refractivity contribution is 5.85. The van der Waals surface area contributed by atoms with Gasteiger partial charge >= 0.3 is 0 Å². The number of halogens is 1. The van der Waals surface area contributed by atoms with Crippen LogP contribution in [-0.2, 0) is 13.1 Å². The zero-order valence-corrected chi connectivity index (χ0v) is 15.8. The number of methoxy groups -OCH3 is 1. The lowest BCUT2D eigenvalue weighted by Crippen LogP contribution is -2.35. The summed E-state index contributed by atoms with van der Waals surface area (Å²) in [5.74, 6) is 1.72. The molecule has 1 saturated heterocycles. The van der Waals surface area contributed by atoms with E-state index in [1.54, 1.807) is 7.11 Å². The second-order valence-corrected chi connectivity index (χ2v) is 6.70. The van der Waals surface area contributed by atoms with Crippen molar-refractivity contribution >= 4 is 12.4 Å². The molecule has 1 fully saturated rings. The summed E-state index contributed by atoms with van der Waals surface area (Å²) in [6, 6.07) is 19.3. The van der Waals surface area contributed by atoms with E-state index in [1.165, 1.54) is 30.5 Å². The van der Waals surface area contributed by atoms with E-state index >= 15 is 0 Å². The molecular weight excluding hydrogens is 332 g/mol. The summed E-state index contributed by atoms with van der Waals surface area (Å²) in [5.41, 5.74) is 2.74. The molecule has 0 atom stereocenters. The van der Waals surface area contributed by atoms with Crippen LogP contribution in [0.2, 0.25) is 0 Å². The van der Waals surface area contributed by atoms with E-state index in [1.807, 2.05) is 0 Å². The number of hydrogen-bond donors (Lipinski definition) is 1. The van der Waals surface area contributed by atoms with Crippen molar-refractivity contribution in [1.82, 2.24) is 10.2 Å². The van der Waals surface area contributed by atoms with Gasteiger partial charge in [0.05, 0.1) is 7.11 Å². The molecule has 136 valence electrons. The first-order valence-electron chi connectivity index (χ1n) is 8.93. The summed E-state index contributed by atoms with van der Waals surface area (Å²) in [5, 5.41) is 3.47. The van der Waals surface area contributed by atoms with Gasteiger partial charge in [-0.25, -0.2) is 0 Å². The molecule has 4 heteroatoms. The highest BCUT2D eigenvalue weighted by Crippen LogP contribution is 2.19. The van der Waals surface area contributed by atoms with Gasteiger partial charge in [0.1, 0.15) is 5.75 Å². The quantitative estimate of drug-likeness (QED) is 0.803. The Morgan fingerprint density at radius 1 is 0.920 bits per heavy atom. The SMILES string of the molecule is COc1ccc(CN(Cc2ccccc2)CC2CCNCC2)cc1.Cl. The van der Waals surface area contributed by atoms with Gasteiger partial charge in [-0.15, -0.1) is 12.4 Å². The van der Waals surface area contributed by atoms with Crippen LogP contribution >= 0.6 is 12.4 Å². The Balaban J connectivity index is 0.00000225. The van der Waals surface area contributed by atoms with Crippen molar-refractivity contribution in [2.24, 2.45) is 5.92 Å².